The predicted molar refractivity (Wildman–Crippen MR) is 66.5 cm³/mol. The zero-order chi connectivity index (χ0) is 11.9. The van der Waals surface area contributed by atoms with Crippen LogP contribution in [0.4, 0.5) is 0 Å². The van der Waals surface area contributed by atoms with Gasteiger partial charge in [-0.25, -0.2) is 0 Å². The summed E-state index contributed by atoms with van der Waals surface area (Å²) in [4.78, 5) is 4.09. The number of rotatable bonds is 7. The Kier molecular flexibility index (Phi) is 5.43. The van der Waals surface area contributed by atoms with Gasteiger partial charge in [-0.1, -0.05) is 6.07 Å². The minimum absolute atomic E-state index is 0.0797. The molecule has 0 saturated carbocycles. The monoisotopic (exact) mass is 222 g/mol. The van der Waals surface area contributed by atoms with Crippen molar-refractivity contribution >= 4 is 0 Å². The Hall–Kier alpha value is -0.930. The average Bonchev–Trinajstić information content (AvgIpc) is 2.26. The van der Waals surface area contributed by atoms with Crippen molar-refractivity contribution in [2.45, 2.75) is 32.8 Å². The minimum Gasteiger partial charge on any atom is -0.375 e. The molecular formula is C13H22N2O. The highest BCUT2D eigenvalue weighted by Crippen LogP contribution is 2.06. The summed E-state index contributed by atoms with van der Waals surface area (Å²) in [6.07, 6.45) is 4.72. The van der Waals surface area contributed by atoms with E-state index in [0.717, 1.165) is 26.1 Å². The van der Waals surface area contributed by atoms with E-state index in [-0.39, 0.29) is 5.60 Å². The van der Waals surface area contributed by atoms with Crippen LogP contribution in [0.3, 0.4) is 0 Å². The number of nitrogens with one attached hydrogen (secondary N) is 1. The molecule has 0 spiro atoms. The molecule has 0 aliphatic heterocycles. The van der Waals surface area contributed by atoms with Gasteiger partial charge in [0.1, 0.15) is 0 Å². The van der Waals surface area contributed by atoms with E-state index >= 15 is 0 Å². The Morgan fingerprint density at radius 2 is 2.25 bits per heavy atom. The van der Waals surface area contributed by atoms with E-state index in [1.807, 2.05) is 19.2 Å². The number of hydrogen-bond donors (Lipinski definition) is 1. The van der Waals surface area contributed by atoms with Crippen molar-refractivity contribution in [3.8, 4) is 0 Å². The molecule has 0 fully saturated rings. The van der Waals surface area contributed by atoms with Gasteiger partial charge in [0.05, 0.1) is 5.60 Å². The van der Waals surface area contributed by atoms with Crippen molar-refractivity contribution in [3.63, 3.8) is 0 Å². The first-order valence-corrected chi connectivity index (χ1v) is 5.87. The molecule has 0 amide bonds. The second-order valence-corrected chi connectivity index (χ2v) is 4.48. The highest BCUT2D eigenvalue weighted by molar-refractivity contribution is 5.08. The van der Waals surface area contributed by atoms with Crippen LogP contribution in [-0.4, -0.2) is 30.3 Å². The van der Waals surface area contributed by atoms with Crippen molar-refractivity contribution in [2.24, 2.45) is 0 Å². The molecule has 0 radical (unpaired) electrons. The van der Waals surface area contributed by atoms with Crippen molar-refractivity contribution in [1.29, 1.82) is 0 Å². The lowest BCUT2D eigenvalue weighted by molar-refractivity contribution is -0.00857. The fourth-order valence-electron chi connectivity index (χ4n) is 1.61. The Labute approximate surface area is 98.2 Å². The van der Waals surface area contributed by atoms with Crippen LogP contribution in [0.15, 0.2) is 24.5 Å². The quantitative estimate of drug-likeness (QED) is 0.717. The zero-order valence-corrected chi connectivity index (χ0v) is 10.5. The molecule has 0 aromatic carbocycles. The smallest absolute Gasteiger partial charge is 0.0750 e. The molecule has 0 bridgehead atoms. The third-order valence-corrected chi connectivity index (χ3v) is 2.40. The Bertz CT molecular complexity index is 285. The van der Waals surface area contributed by atoms with Crippen molar-refractivity contribution in [2.75, 3.05) is 19.7 Å². The van der Waals surface area contributed by atoms with Crippen LogP contribution in [0.2, 0.25) is 0 Å². The van der Waals surface area contributed by atoms with E-state index in [4.69, 9.17) is 4.74 Å². The number of hydrogen-bond acceptors (Lipinski definition) is 3. The molecular weight excluding hydrogens is 200 g/mol. The van der Waals surface area contributed by atoms with Crippen LogP contribution in [0.1, 0.15) is 26.3 Å². The van der Waals surface area contributed by atoms with E-state index in [9.17, 15) is 0 Å². The van der Waals surface area contributed by atoms with Gasteiger partial charge < -0.3 is 10.1 Å². The highest BCUT2D eigenvalue weighted by Gasteiger charge is 2.16. The first kappa shape index (κ1) is 13.1. The number of pyridine rings is 1. The molecule has 1 rings (SSSR count). The van der Waals surface area contributed by atoms with Gasteiger partial charge in [-0.2, -0.15) is 0 Å². The zero-order valence-electron chi connectivity index (χ0n) is 10.5. The lowest BCUT2D eigenvalue weighted by Gasteiger charge is -2.25. The maximum atomic E-state index is 5.61. The molecule has 0 aliphatic rings. The lowest BCUT2D eigenvalue weighted by Crippen LogP contribution is -2.38. The second kappa shape index (κ2) is 6.61. The van der Waals surface area contributed by atoms with Crippen LogP contribution in [0.5, 0.6) is 0 Å². The number of ether oxygens (including phenoxy) is 1. The summed E-state index contributed by atoms with van der Waals surface area (Å²) < 4.78 is 5.61. The van der Waals surface area contributed by atoms with Crippen LogP contribution in [0.25, 0.3) is 0 Å². The van der Waals surface area contributed by atoms with E-state index in [2.05, 4.69) is 30.2 Å². The maximum absolute atomic E-state index is 5.61. The summed E-state index contributed by atoms with van der Waals surface area (Å²) in [7, 11) is 0. The fraction of sp³-hybridized carbons (Fsp3) is 0.615. The van der Waals surface area contributed by atoms with E-state index in [1.165, 1.54) is 5.56 Å². The fourth-order valence-corrected chi connectivity index (χ4v) is 1.61. The topological polar surface area (TPSA) is 34.1 Å². The third kappa shape index (κ3) is 5.24. The van der Waals surface area contributed by atoms with E-state index in [1.54, 1.807) is 6.20 Å². The summed E-state index contributed by atoms with van der Waals surface area (Å²) in [5, 5.41) is 3.41. The van der Waals surface area contributed by atoms with Gasteiger partial charge in [0.15, 0.2) is 0 Å². The molecule has 1 heterocycles. The summed E-state index contributed by atoms with van der Waals surface area (Å²) in [6.45, 7) is 8.83. The predicted octanol–water partition coefficient (Wildman–Crippen LogP) is 2.03. The van der Waals surface area contributed by atoms with Crippen LogP contribution in [0, 0.1) is 0 Å². The molecule has 0 aliphatic carbocycles. The lowest BCUT2D eigenvalue weighted by atomic mass is 10.1. The number of nitrogens with zero attached hydrogens (tertiary/aromatic N) is 1. The van der Waals surface area contributed by atoms with Crippen molar-refractivity contribution in [1.82, 2.24) is 10.3 Å². The molecule has 0 atom stereocenters. The Morgan fingerprint density at radius 1 is 1.44 bits per heavy atom. The van der Waals surface area contributed by atoms with E-state index < -0.39 is 0 Å². The van der Waals surface area contributed by atoms with Crippen LogP contribution in [-0.2, 0) is 11.2 Å². The van der Waals surface area contributed by atoms with Crippen LogP contribution < -0.4 is 5.32 Å². The van der Waals surface area contributed by atoms with Gasteiger partial charge >= 0.3 is 0 Å². The molecule has 3 heteroatoms. The molecule has 0 saturated heterocycles. The molecule has 0 unspecified atom stereocenters. The SMILES string of the molecule is CCOC(C)(C)CNCCc1cccnc1. The van der Waals surface area contributed by atoms with Crippen molar-refractivity contribution in [3.05, 3.63) is 30.1 Å². The maximum Gasteiger partial charge on any atom is 0.0750 e. The third-order valence-electron chi connectivity index (χ3n) is 2.40. The average molecular weight is 222 g/mol. The highest BCUT2D eigenvalue weighted by atomic mass is 16.5. The summed E-state index contributed by atoms with van der Waals surface area (Å²) in [5.41, 5.74) is 1.19. The van der Waals surface area contributed by atoms with Gasteiger partial charge in [-0.15, -0.1) is 0 Å². The normalized spacial score (nSPS) is 11.7. The summed E-state index contributed by atoms with van der Waals surface area (Å²) in [5.74, 6) is 0. The second-order valence-electron chi connectivity index (χ2n) is 4.48. The molecule has 90 valence electrons. The number of aromatic nitrogens is 1. The molecule has 16 heavy (non-hydrogen) atoms. The molecule has 1 aromatic rings. The first-order valence-electron chi connectivity index (χ1n) is 5.87. The van der Waals surface area contributed by atoms with Gasteiger partial charge in [0.25, 0.3) is 0 Å². The largest absolute Gasteiger partial charge is 0.375 e. The Morgan fingerprint density at radius 3 is 2.88 bits per heavy atom. The van der Waals surface area contributed by atoms with E-state index in [0.29, 0.717) is 0 Å². The molecule has 1 N–H and O–H groups in total. The first-order chi connectivity index (χ1) is 7.64. The van der Waals surface area contributed by atoms with Gasteiger partial charge in [-0.3, -0.25) is 4.98 Å². The van der Waals surface area contributed by atoms with Crippen LogP contribution >= 0.6 is 0 Å². The van der Waals surface area contributed by atoms with Gasteiger partial charge in [-0.05, 0) is 45.4 Å². The summed E-state index contributed by atoms with van der Waals surface area (Å²) in [6, 6.07) is 4.07. The van der Waals surface area contributed by atoms with Gasteiger partial charge in [0.2, 0.25) is 0 Å². The molecule has 3 nitrogen and oxygen atoms in total. The minimum atomic E-state index is -0.0797. The van der Waals surface area contributed by atoms with Crippen molar-refractivity contribution < 1.29 is 4.74 Å². The molecule has 1 aromatic heterocycles. The standard InChI is InChI=1S/C13H22N2O/c1-4-16-13(2,3)11-15-9-7-12-6-5-8-14-10-12/h5-6,8,10,15H,4,7,9,11H2,1-3H3. The Balaban J connectivity index is 2.17. The van der Waals surface area contributed by atoms with Gasteiger partial charge in [0, 0.05) is 25.5 Å². The summed E-state index contributed by atoms with van der Waals surface area (Å²) >= 11 is 0.